The molecule has 1 aliphatic carbocycles. The maximum atomic E-state index is 5.60. The highest BCUT2D eigenvalue weighted by Gasteiger charge is 2.23. The molecule has 4 aromatic rings. The standard InChI is InChI=1S/C26H27N5O/c1-17-7-9-19(10-8-17)11-12-22-20-5-4-6-21(20)25(30-29-22)23-13-14-24(26(28-23)32-3)31-15-18(2)27-16-31/h7-10,13-16H,4-6,11-12H2,1-3H3. The van der Waals surface area contributed by atoms with E-state index in [1.54, 1.807) is 13.4 Å². The number of nitrogens with zero attached hydrogens (tertiary/aromatic N) is 5. The van der Waals surface area contributed by atoms with E-state index in [1.807, 2.05) is 29.8 Å². The molecule has 32 heavy (non-hydrogen) atoms. The number of hydrogen-bond acceptors (Lipinski definition) is 5. The number of aryl methyl sites for hydroxylation is 4. The summed E-state index contributed by atoms with van der Waals surface area (Å²) in [5.41, 5.74) is 9.88. The third-order valence-corrected chi connectivity index (χ3v) is 6.16. The van der Waals surface area contributed by atoms with E-state index in [0.29, 0.717) is 5.88 Å². The van der Waals surface area contributed by atoms with Crippen molar-refractivity contribution in [3.63, 3.8) is 0 Å². The average molecular weight is 426 g/mol. The van der Waals surface area contributed by atoms with E-state index in [2.05, 4.69) is 46.4 Å². The highest BCUT2D eigenvalue weighted by Crippen LogP contribution is 2.33. The van der Waals surface area contributed by atoms with Gasteiger partial charge in [0.2, 0.25) is 5.88 Å². The normalized spacial score (nSPS) is 12.7. The van der Waals surface area contributed by atoms with Gasteiger partial charge in [0.05, 0.1) is 30.5 Å². The van der Waals surface area contributed by atoms with Crippen LogP contribution in [0, 0.1) is 13.8 Å². The lowest BCUT2D eigenvalue weighted by molar-refractivity contribution is 0.396. The SMILES string of the molecule is COc1nc(-c2nnc(CCc3ccc(C)cc3)c3c2CCC3)ccc1-n1cnc(C)c1. The van der Waals surface area contributed by atoms with Crippen molar-refractivity contribution in [1.29, 1.82) is 0 Å². The van der Waals surface area contributed by atoms with Crippen molar-refractivity contribution in [3.8, 4) is 23.0 Å². The molecule has 0 N–H and O–H groups in total. The second-order valence-electron chi connectivity index (χ2n) is 8.44. The zero-order chi connectivity index (χ0) is 22.1. The Morgan fingerprint density at radius 3 is 2.50 bits per heavy atom. The first kappa shape index (κ1) is 20.4. The van der Waals surface area contributed by atoms with E-state index in [9.17, 15) is 0 Å². The smallest absolute Gasteiger partial charge is 0.238 e. The molecule has 3 heterocycles. The molecule has 0 aliphatic heterocycles. The molecule has 1 aliphatic rings. The number of methoxy groups -OCH3 is 1. The van der Waals surface area contributed by atoms with Crippen molar-refractivity contribution in [3.05, 3.63) is 82.6 Å². The molecule has 0 amide bonds. The summed E-state index contributed by atoms with van der Waals surface area (Å²) in [4.78, 5) is 9.09. The van der Waals surface area contributed by atoms with Gasteiger partial charge in [0, 0.05) is 6.20 Å². The fourth-order valence-electron chi connectivity index (χ4n) is 4.44. The summed E-state index contributed by atoms with van der Waals surface area (Å²) in [7, 11) is 1.64. The van der Waals surface area contributed by atoms with Crippen molar-refractivity contribution < 1.29 is 4.74 Å². The molecule has 0 saturated heterocycles. The number of imidazole rings is 1. The van der Waals surface area contributed by atoms with Crippen LogP contribution < -0.4 is 4.74 Å². The molecule has 0 radical (unpaired) electrons. The zero-order valence-electron chi connectivity index (χ0n) is 18.8. The molecular formula is C26H27N5O. The molecule has 0 fully saturated rings. The molecule has 0 spiro atoms. The van der Waals surface area contributed by atoms with E-state index in [4.69, 9.17) is 9.72 Å². The number of ether oxygens (including phenoxy) is 1. The van der Waals surface area contributed by atoms with Crippen molar-refractivity contribution >= 4 is 0 Å². The van der Waals surface area contributed by atoms with Gasteiger partial charge >= 0.3 is 0 Å². The Kier molecular flexibility index (Phi) is 5.43. The summed E-state index contributed by atoms with van der Waals surface area (Å²) >= 11 is 0. The lowest BCUT2D eigenvalue weighted by atomic mass is 10.0. The Labute approximate surface area is 188 Å². The predicted molar refractivity (Wildman–Crippen MR) is 124 cm³/mol. The molecule has 0 saturated carbocycles. The van der Waals surface area contributed by atoms with Crippen molar-refractivity contribution in [2.45, 2.75) is 46.0 Å². The first-order valence-corrected chi connectivity index (χ1v) is 11.1. The lowest BCUT2D eigenvalue weighted by Crippen LogP contribution is -2.06. The molecule has 0 atom stereocenters. The van der Waals surface area contributed by atoms with Gasteiger partial charge in [0.25, 0.3) is 0 Å². The molecule has 3 aromatic heterocycles. The summed E-state index contributed by atoms with van der Waals surface area (Å²) in [6, 6.07) is 12.8. The number of fused-ring (bicyclic) bond motifs is 1. The van der Waals surface area contributed by atoms with Gasteiger partial charge in [-0.05, 0) is 74.8 Å². The quantitative estimate of drug-likeness (QED) is 0.451. The summed E-state index contributed by atoms with van der Waals surface area (Å²) in [6.07, 6.45) is 8.83. The molecule has 0 bridgehead atoms. The van der Waals surface area contributed by atoms with Crippen LogP contribution in [0.5, 0.6) is 5.88 Å². The minimum atomic E-state index is 0.553. The van der Waals surface area contributed by atoms with Gasteiger partial charge < -0.3 is 9.30 Å². The Hall–Kier alpha value is -3.54. The average Bonchev–Trinajstić information content (AvgIpc) is 3.47. The molecule has 6 nitrogen and oxygen atoms in total. The summed E-state index contributed by atoms with van der Waals surface area (Å²) in [5, 5.41) is 9.29. The van der Waals surface area contributed by atoms with E-state index in [1.165, 1.54) is 22.3 Å². The van der Waals surface area contributed by atoms with Crippen LogP contribution in [0.4, 0.5) is 0 Å². The van der Waals surface area contributed by atoms with E-state index in [0.717, 1.165) is 60.6 Å². The van der Waals surface area contributed by atoms with Crippen LogP contribution in [0.1, 0.15) is 40.1 Å². The topological polar surface area (TPSA) is 65.7 Å². The van der Waals surface area contributed by atoms with Crippen LogP contribution in [0.3, 0.4) is 0 Å². The zero-order valence-corrected chi connectivity index (χ0v) is 18.8. The largest absolute Gasteiger partial charge is 0.479 e. The van der Waals surface area contributed by atoms with Crippen molar-refractivity contribution in [1.82, 2.24) is 24.7 Å². The number of hydrogen-bond donors (Lipinski definition) is 0. The van der Waals surface area contributed by atoms with Gasteiger partial charge in [-0.25, -0.2) is 9.97 Å². The highest BCUT2D eigenvalue weighted by molar-refractivity contribution is 5.64. The van der Waals surface area contributed by atoms with Gasteiger partial charge in [-0.3, -0.25) is 0 Å². The molecule has 0 unspecified atom stereocenters. The van der Waals surface area contributed by atoms with E-state index >= 15 is 0 Å². The van der Waals surface area contributed by atoms with Gasteiger partial charge in [-0.15, -0.1) is 5.10 Å². The van der Waals surface area contributed by atoms with Crippen LogP contribution in [-0.4, -0.2) is 31.8 Å². The molecule has 5 rings (SSSR count). The Balaban J connectivity index is 1.45. The minimum Gasteiger partial charge on any atom is -0.479 e. The summed E-state index contributed by atoms with van der Waals surface area (Å²) in [5.74, 6) is 0.553. The molecular weight excluding hydrogens is 398 g/mol. The fraction of sp³-hybridized carbons (Fsp3) is 0.308. The van der Waals surface area contributed by atoms with Gasteiger partial charge in [0.1, 0.15) is 11.4 Å². The number of aromatic nitrogens is 5. The lowest BCUT2D eigenvalue weighted by Gasteiger charge is -2.13. The van der Waals surface area contributed by atoms with E-state index < -0.39 is 0 Å². The van der Waals surface area contributed by atoms with Crippen LogP contribution in [0.15, 0.2) is 48.9 Å². The molecule has 162 valence electrons. The van der Waals surface area contributed by atoms with Crippen molar-refractivity contribution in [2.24, 2.45) is 0 Å². The van der Waals surface area contributed by atoms with Crippen LogP contribution >= 0.6 is 0 Å². The third-order valence-electron chi connectivity index (χ3n) is 6.16. The molecule has 1 aromatic carbocycles. The second-order valence-corrected chi connectivity index (χ2v) is 8.44. The minimum absolute atomic E-state index is 0.553. The maximum absolute atomic E-state index is 5.60. The number of rotatable bonds is 6. The monoisotopic (exact) mass is 425 g/mol. The van der Waals surface area contributed by atoms with Crippen LogP contribution in [0.2, 0.25) is 0 Å². The van der Waals surface area contributed by atoms with Gasteiger partial charge in [0.15, 0.2) is 0 Å². The van der Waals surface area contributed by atoms with Crippen LogP contribution in [0.25, 0.3) is 17.1 Å². The number of pyridine rings is 1. The van der Waals surface area contributed by atoms with Crippen molar-refractivity contribution in [2.75, 3.05) is 7.11 Å². The Bertz CT molecular complexity index is 1260. The van der Waals surface area contributed by atoms with Crippen LogP contribution in [-0.2, 0) is 25.7 Å². The van der Waals surface area contributed by atoms with E-state index in [-0.39, 0.29) is 0 Å². The first-order chi connectivity index (χ1) is 15.6. The summed E-state index contributed by atoms with van der Waals surface area (Å²) in [6.45, 7) is 4.08. The van der Waals surface area contributed by atoms with Gasteiger partial charge in [-0.1, -0.05) is 29.8 Å². The first-order valence-electron chi connectivity index (χ1n) is 11.1. The number of benzene rings is 1. The third kappa shape index (κ3) is 3.88. The van der Waals surface area contributed by atoms with Gasteiger partial charge in [-0.2, -0.15) is 5.10 Å². The molecule has 6 heteroatoms. The highest BCUT2D eigenvalue weighted by atomic mass is 16.5. The predicted octanol–water partition coefficient (Wildman–Crippen LogP) is 4.62. The Morgan fingerprint density at radius 2 is 1.75 bits per heavy atom. The second kappa shape index (κ2) is 8.54. The Morgan fingerprint density at radius 1 is 0.938 bits per heavy atom. The fourth-order valence-corrected chi connectivity index (χ4v) is 4.44. The summed E-state index contributed by atoms with van der Waals surface area (Å²) < 4.78 is 7.53. The maximum Gasteiger partial charge on any atom is 0.238 e.